The number of hydrogen-bond donors (Lipinski definition) is 1. The summed E-state index contributed by atoms with van der Waals surface area (Å²) < 4.78 is 6.30. The minimum absolute atomic E-state index is 0.202. The van der Waals surface area contributed by atoms with Crippen LogP contribution in [0.3, 0.4) is 0 Å². The van der Waals surface area contributed by atoms with Gasteiger partial charge in [0.05, 0.1) is 23.4 Å². The zero-order valence-electron chi connectivity index (χ0n) is 18.6. The van der Waals surface area contributed by atoms with Gasteiger partial charge in [0.2, 0.25) is 5.91 Å². The number of benzene rings is 2. The first kappa shape index (κ1) is 22.3. The van der Waals surface area contributed by atoms with Crippen LogP contribution < -0.4 is 5.32 Å². The predicted octanol–water partition coefficient (Wildman–Crippen LogP) is 6.19. The lowest BCUT2D eigenvalue weighted by atomic mass is 10.0. The van der Waals surface area contributed by atoms with E-state index in [0.29, 0.717) is 26.1 Å². The van der Waals surface area contributed by atoms with Gasteiger partial charge in [-0.25, -0.2) is 9.78 Å². The maximum atomic E-state index is 12.8. The molecule has 0 unspecified atom stereocenters. The predicted molar refractivity (Wildman–Crippen MR) is 138 cm³/mol. The third kappa shape index (κ3) is 4.60. The fourth-order valence-corrected chi connectivity index (χ4v) is 6.33. The van der Waals surface area contributed by atoms with Crippen molar-refractivity contribution >= 4 is 56.0 Å². The number of anilines is 1. The van der Waals surface area contributed by atoms with Crippen molar-refractivity contribution in [2.45, 2.75) is 19.9 Å². The molecule has 0 aliphatic carbocycles. The number of carbonyl (C=O) groups is 2. The summed E-state index contributed by atoms with van der Waals surface area (Å²) >= 11 is 3.12. The van der Waals surface area contributed by atoms with Crippen LogP contribution in [-0.2, 0) is 22.5 Å². The first-order valence-corrected chi connectivity index (χ1v) is 12.7. The smallest absolute Gasteiger partial charge is 0.410 e. The summed E-state index contributed by atoms with van der Waals surface area (Å²) in [5, 5.41) is 4.72. The Morgan fingerprint density at radius 3 is 2.71 bits per heavy atom. The molecule has 4 aromatic rings. The fraction of sp³-hybridized carbons (Fsp3) is 0.192. The van der Waals surface area contributed by atoms with Crippen LogP contribution in [0.25, 0.3) is 26.9 Å². The van der Waals surface area contributed by atoms with Crippen LogP contribution >= 0.6 is 22.7 Å². The first-order chi connectivity index (χ1) is 16.6. The van der Waals surface area contributed by atoms with E-state index in [4.69, 9.17) is 9.72 Å². The van der Waals surface area contributed by atoms with Crippen LogP contribution in [0.15, 0.2) is 60.7 Å². The maximum Gasteiger partial charge on any atom is 0.410 e. The Morgan fingerprint density at radius 1 is 1.12 bits per heavy atom. The van der Waals surface area contributed by atoms with Gasteiger partial charge in [-0.2, -0.15) is 0 Å². The van der Waals surface area contributed by atoms with E-state index in [1.807, 2.05) is 48.5 Å². The van der Waals surface area contributed by atoms with Gasteiger partial charge in [-0.3, -0.25) is 4.79 Å². The van der Waals surface area contributed by atoms with E-state index in [9.17, 15) is 9.59 Å². The van der Waals surface area contributed by atoms with Crippen molar-refractivity contribution in [3.63, 3.8) is 0 Å². The second-order valence-electron chi connectivity index (χ2n) is 7.80. The fourth-order valence-electron chi connectivity index (χ4n) is 3.96. The number of rotatable bonds is 5. The van der Waals surface area contributed by atoms with Crippen LogP contribution in [0, 0.1) is 0 Å². The third-order valence-corrected chi connectivity index (χ3v) is 7.74. The number of fused-ring (bicyclic) bond motifs is 2. The second kappa shape index (κ2) is 9.79. The Morgan fingerprint density at radius 2 is 1.91 bits per heavy atom. The van der Waals surface area contributed by atoms with E-state index < -0.39 is 0 Å². The lowest BCUT2D eigenvalue weighted by Crippen LogP contribution is -2.35. The quantitative estimate of drug-likeness (QED) is 0.339. The summed E-state index contributed by atoms with van der Waals surface area (Å²) in [4.78, 5) is 32.7. The third-order valence-electron chi connectivity index (χ3n) is 5.55. The van der Waals surface area contributed by atoms with Crippen molar-refractivity contribution in [3.8, 4) is 10.6 Å². The minimum Gasteiger partial charge on any atom is -0.450 e. The molecule has 2 aromatic carbocycles. The number of nitrogens with one attached hydrogen (secondary N) is 1. The van der Waals surface area contributed by atoms with Crippen LogP contribution in [0.5, 0.6) is 0 Å². The Labute approximate surface area is 205 Å². The van der Waals surface area contributed by atoms with Gasteiger partial charge in [-0.05, 0) is 42.7 Å². The van der Waals surface area contributed by atoms with E-state index in [2.05, 4.69) is 11.4 Å². The van der Waals surface area contributed by atoms with Crippen molar-refractivity contribution in [1.29, 1.82) is 0 Å². The molecular weight excluding hydrogens is 466 g/mol. The zero-order chi connectivity index (χ0) is 23.5. The number of para-hydroxylation sites is 1. The van der Waals surface area contributed by atoms with Crippen LogP contribution in [0.2, 0.25) is 0 Å². The highest BCUT2D eigenvalue weighted by Gasteiger charge is 2.29. The molecule has 5 rings (SSSR count). The van der Waals surface area contributed by atoms with E-state index in [1.54, 1.807) is 35.3 Å². The van der Waals surface area contributed by atoms with Gasteiger partial charge < -0.3 is 15.0 Å². The molecule has 1 N–H and O–H groups in total. The molecule has 2 aromatic heterocycles. The number of hydrogen-bond acceptors (Lipinski definition) is 6. The van der Waals surface area contributed by atoms with Crippen molar-refractivity contribution in [2.75, 3.05) is 18.5 Å². The van der Waals surface area contributed by atoms with Gasteiger partial charge in [-0.15, -0.1) is 22.7 Å². The highest BCUT2D eigenvalue weighted by Crippen LogP contribution is 2.45. The lowest BCUT2D eigenvalue weighted by Gasteiger charge is -2.26. The summed E-state index contributed by atoms with van der Waals surface area (Å²) in [7, 11) is 0. The minimum atomic E-state index is -0.306. The van der Waals surface area contributed by atoms with Gasteiger partial charge in [0.1, 0.15) is 10.0 Å². The average Bonchev–Trinajstić information content (AvgIpc) is 3.43. The van der Waals surface area contributed by atoms with Crippen molar-refractivity contribution in [3.05, 3.63) is 76.7 Å². The molecule has 0 bridgehead atoms. The van der Waals surface area contributed by atoms with Gasteiger partial charge in [0.15, 0.2) is 0 Å². The first-order valence-electron chi connectivity index (χ1n) is 11.1. The van der Waals surface area contributed by atoms with E-state index in [1.165, 1.54) is 11.3 Å². The molecule has 2 amide bonds. The number of carbonyl (C=O) groups excluding carboxylic acids is 2. The highest BCUT2D eigenvalue weighted by atomic mass is 32.1. The molecule has 0 saturated carbocycles. The largest absolute Gasteiger partial charge is 0.450 e. The lowest BCUT2D eigenvalue weighted by molar-refractivity contribution is -0.111. The number of amides is 2. The van der Waals surface area contributed by atoms with Gasteiger partial charge in [0.25, 0.3) is 0 Å². The molecule has 0 fully saturated rings. The van der Waals surface area contributed by atoms with E-state index in [-0.39, 0.29) is 12.0 Å². The molecule has 0 spiro atoms. The normalized spacial score (nSPS) is 13.3. The Kier molecular flexibility index (Phi) is 6.42. The standard InChI is InChI=1S/C26H23N3O3S2/c1-2-32-26(31)29-15-14-18-21(16-29)34-25(28-22(30)13-12-17-8-4-3-5-9-17)23(18)24-27-19-10-6-7-11-20(19)33-24/h3-13H,2,14-16H2,1H3,(H,28,30). The molecule has 172 valence electrons. The molecule has 34 heavy (non-hydrogen) atoms. The zero-order valence-corrected chi connectivity index (χ0v) is 20.2. The average molecular weight is 490 g/mol. The van der Waals surface area contributed by atoms with Crippen LogP contribution in [-0.4, -0.2) is 35.0 Å². The van der Waals surface area contributed by atoms with Crippen molar-refractivity contribution in [1.82, 2.24) is 9.88 Å². The Balaban J connectivity index is 1.49. The number of thiazole rings is 1. The molecular formula is C26H23N3O3S2. The number of aromatic nitrogens is 1. The van der Waals surface area contributed by atoms with Crippen LogP contribution in [0.4, 0.5) is 9.80 Å². The van der Waals surface area contributed by atoms with E-state index in [0.717, 1.165) is 41.8 Å². The van der Waals surface area contributed by atoms with Gasteiger partial charge in [0, 0.05) is 23.1 Å². The molecule has 0 atom stereocenters. The summed E-state index contributed by atoms with van der Waals surface area (Å²) in [6.45, 7) is 3.19. The van der Waals surface area contributed by atoms with Gasteiger partial charge in [-0.1, -0.05) is 42.5 Å². The highest BCUT2D eigenvalue weighted by molar-refractivity contribution is 7.23. The van der Waals surface area contributed by atoms with Gasteiger partial charge >= 0.3 is 6.09 Å². The summed E-state index contributed by atoms with van der Waals surface area (Å²) in [6, 6.07) is 17.7. The topological polar surface area (TPSA) is 71.5 Å². The van der Waals surface area contributed by atoms with Crippen molar-refractivity contribution < 1.29 is 14.3 Å². The summed E-state index contributed by atoms with van der Waals surface area (Å²) in [6.07, 6.45) is 3.72. The Bertz CT molecular complexity index is 1340. The van der Waals surface area contributed by atoms with Crippen molar-refractivity contribution in [2.24, 2.45) is 0 Å². The molecule has 0 saturated heterocycles. The molecule has 1 aliphatic rings. The Hall–Kier alpha value is -3.49. The number of ether oxygens (including phenoxy) is 1. The molecule has 0 radical (unpaired) electrons. The van der Waals surface area contributed by atoms with E-state index >= 15 is 0 Å². The molecule has 8 heteroatoms. The molecule has 3 heterocycles. The number of thiophene rings is 1. The monoisotopic (exact) mass is 489 g/mol. The second-order valence-corrected chi connectivity index (χ2v) is 9.93. The number of nitrogens with zero attached hydrogens (tertiary/aromatic N) is 2. The summed E-state index contributed by atoms with van der Waals surface area (Å²) in [5.41, 5.74) is 4.00. The molecule has 6 nitrogen and oxygen atoms in total. The summed E-state index contributed by atoms with van der Waals surface area (Å²) in [5.74, 6) is -0.202. The van der Waals surface area contributed by atoms with Crippen LogP contribution in [0.1, 0.15) is 22.9 Å². The molecule has 1 aliphatic heterocycles. The SMILES string of the molecule is CCOC(=O)N1CCc2c(sc(NC(=O)C=Cc3ccccc3)c2-c2nc3ccccc3s2)C1. The maximum absolute atomic E-state index is 12.8.